The third kappa shape index (κ3) is 4.84. The molecule has 1 aromatic heterocycles. The van der Waals surface area contributed by atoms with E-state index < -0.39 is 6.10 Å². The van der Waals surface area contributed by atoms with Gasteiger partial charge in [-0.15, -0.1) is 0 Å². The van der Waals surface area contributed by atoms with Crippen molar-refractivity contribution in [2.45, 2.75) is 39.9 Å². The Bertz CT molecular complexity index is 1140. The van der Waals surface area contributed by atoms with E-state index >= 15 is 0 Å². The van der Waals surface area contributed by atoms with Gasteiger partial charge in [0.25, 0.3) is 11.8 Å². The lowest BCUT2D eigenvalue weighted by molar-refractivity contribution is -0.127. The molecule has 0 radical (unpaired) electrons. The molecule has 1 atom stereocenters. The van der Waals surface area contributed by atoms with E-state index in [1.165, 1.54) is 0 Å². The maximum atomic E-state index is 13.5. The van der Waals surface area contributed by atoms with Crippen LogP contribution in [0, 0.1) is 13.8 Å². The van der Waals surface area contributed by atoms with Crippen molar-refractivity contribution >= 4 is 17.5 Å². The minimum Gasteiger partial charge on any atom is -0.489 e. The number of nitrogens with one attached hydrogen (secondary N) is 1. The fraction of sp³-hybridized carbons (Fsp3) is 0.320. The average molecular weight is 450 g/mol. The first-order chi connectivity index (χ1) is 16.0. The molecule has 1 aliphatic heterocycles. The SMILES string of the molecule is CCCNC(=O)C1CN(C(=O)c2cccc(OCc3c(C)noc3C)c2)c2ccccc2O1. The third-order valence-corrected chi connectivity index (χ3v) is 5.51. The number of nitrogens with zero attached hydrogens (tertiary/aromatic N) is 2. The standard InChI is InChI=1S/C25H27N3O5/c1-4-12-26-24(29)23-14-28(21-10-5-6-11-22(21)32-23)25(30)18-8-7-9-19(13-18)31-15-20-16(2)27-33-17(20)3/h5-11,13,23H,4,12,14-15H2,1-3H3,(H,26,29). The predicted octanol–water partition coefficient (Wildman–Crippen LogP) is 3.80. The molecule has 4 rings (SSSR count). The molecule has 1 aliphatic rings. The van der Waals surface area contributed by atoms with Crippen LogP contribution in [0.5, 0.6) is 11.5 Å². The van der Waals surface area contributed by atoms with Crippen LogP contribution in [0.15, 0.2) is 53.1 Å². The van der Waals surface area contributed by atoms with Crippen LogP contribution in [-0.2, 0) is 11.4 Å². The second-order valence-corrected chi connectivity index (χ2v) is 7.90. The summed E-state index contributed by atoms with van der Waals surface area (Å²) in [6.45, 7) is 6.64. The van der Waals surface area contributed by atoms with Crippen LogP contribution >= 0.6 is 0 Å². The minimum atomic E-state index is -0.783. The second-order valence-electron chi connectivity index (χ2n) is 7.90. The van der Waals surface area contributed by atoms with E-state index in [0.29, 0.717) is 41.7 Å². The van der Waals surface area contributed by atoms with Gasteiger partial charge in [-0.05, 0) is 50.6 Å². The fourth-order valence-electron chi connectivity index (χ4n) is 3.66. The molecule has 8 heteroatoms. The van der Waals surface area contributed by atoms with Gasteiger partial charge in [0.15, 0.2) is 6.10 Å². The van der Waals surface area contributed by atoms with Crippen molar-refractivity contribution in [3.05, 3.63) is 71.1 Å². The Morgan fingerprint density at radius 1 is 1.18 bits per heavy atom. The van der Waals surface area contributed by atoms with Crippen LogP contribution in [0.3, 0.4) is 0 Å². The molecule has 2 heterocycles. The molecule has 0 saturated carbocycles. The van der Waals surface area contributed by atoms with Gasteiger partial charge in [-0.2, -0.15) is 0 Å². The number of hydrogen-bond donors (Lipinski definition) is 1. The molecule has 0 bridgehead atoms. The highest BCUT2D eigenvalue weighted by Gasteiger charge is 2.34. The topological polar surface area (TPSA) is 93.9 Å². The number of amides is 2. The lowest BCUT2D eigenvalue weighted by Crippen LogP contribution is -2.50. The average Bonchev–Trinajstić information content (AvgIpc) is 3.17. The Morgan fingerprint density at radius 3 is 2.76 bits per heavy atom. The van der Waals surface area contributed by atoms with Gasteiger partial charge in [0.05, 0.1) is 23.5 Å². The molecule has 2 amide bonds. The quantitative estimate of drug-likeness (QED) is 0.590. The van der Waals surface area contributed by atoms with E-state index in [2.05, 4.69) is 10.5 Å². The maximum Gasteiger partial charge on any atom is 0.262 e. The number of aromatic nitrogens is 1. The van der Waals surface area contributed by atoms with Crippen LogP contribution in [0.1, 0.15) is 40.7 Å². The Morgan fingerprint density at radius 2 is 2.00 bits per heavy atom. The molecule has 33 heavy (non-hydrogen) atoms. The molecule has 1 N–H and O–H groups in total. The first-order valence-electron chi connectivity index (χ1n) is 11.0. The lowest BCUT2D eigenvalue weighted by atomic mass is 10.1. The van der Waals surface area contributed by atoms with E-state index in [4.69, 9.17) is 14.0 Å². The largest absolute Gasteiger partial charge is 0.489 e. The molecule has 0 aliphatic carbocycles. The molecule has 3 aromatic rings. The number of hydrogen-bond acceptors (Lipinski definition) is 6. The predicted molar refractivity (Wildman–Crippen MR) is 123 cm³/mol. The first kappa shape index (κ1) is 22.4. The Kier molecular flexibility index (Phi) is 6.63. The summed E-state index contributed by atoms with van der Waals surface area (Å²) in [4.78, 5) is 27.7. The molecule has 2 aromatic carbocycles. The van der Waals surface area contributed by atoms with Gasteiger partial charge in [0.2, 0.25) is 0 Å². The van der Waals surface area contributed by atoms with Gasteiger partial charge in [0, 0.05) is 12.1 Å². The van der Waals surface area contributed by atoms with Crippen LogP contribution in [0.25, 0.3) is 0 Å². The summed E-state index contributed by atoms with van der Waals surface area (Å²) < 4.78 is 17.0. The van der Waals surface area contributed by atoms with Crippen LogP contribution in [-0.4, -0.2) is 36.2 Å². The number of carbonyl (C=O) groups is 2. The number of aryl methyl sites for hydroxylation is 2. The summed E-state index contributed by atoms with van der Waals surface area (Å²) in [5.41, 5.74) is 2.74. The van der Waals surface area contributed by atoms with Crippen LogP contribution < -0.4 is 19.7 Å². The van der Waals surface area contributed by atoms with Crippen LogP contribution in [0.2, 0.25) is 0 Å². The molecule has 1 unspecified atom stereocenters. The summed E-state index contributed by atoms with van der Waals surface area (Å²) in [6.07, 6.45) is 0.0349. The van der Waals surface area contributed by atoms with E-state index in [1.54, 1.807) is 35.2 Å². The summed E-state index contributed by atoms with van der Waals surface area (Å²) in [6, 6.07) is 14.2. The Labute approximate surface area is 192 Å². The number of fused-ring (bicyclic) bond motifs is 1. The molecule has 8 nitrogen and oxygen atoms in total. The number of benzene rings is 2. The van der Waals surface area contributed by atoms with Crippen molar-refractivity contribution in [3.8, 4) is 11.5 Å². The van der Waals surface area contributed by atoms with Crippen molar-refractivity contribution < 1.29 is 23.6 Å². The molecule has 0 fully saturated rings. The molecule has 0 saturated heterocycles. The second kappa shape index (κ2) is 9.77. The van der Waals surface area contributed by atoms with E-state index in [0.717, 1.165) is 17.7 Å². The van der Waals surface area contributed by atoms with Gasteiger partial charge < -0.3 is 24.2 Å². The molecule has 172 valence electrons. The summed E-state index contributed by atoms with van der Waals surface area (Å²) in [5.74, 6) is 1.29. The van der Waals surface area contributed by atoms with Gasteiger partial charge in [0.1, 0.15) is 23.9 Å². The van der Waals surface area contributed by atoms with Crippen molar-refractivity contribution in [3.63, 3.8) is 0 Å². The maximum absolute atomic E-state index is 13.5. The minimum absolute atomic E-state index is 0.121. The van der Waals surface area contributed by atoms with Crippen molar-refractivity contribution in [1.82, 2.24) is 10.5 Å². The summed E-state index contributed by atoms with van der Waals surface area (Å²) in [5, 5.41) is 6.78. The number of anilines is 1. The first-order valence-corrected chi connectivity index (χ1v) is 11.0. The normalized spacial score (nSPS) is 14.9. The number of ether oxygens (including phenoxy) is 2. The lowest BCUT2D eigenvalue weighted by Gasteiger charge is -2.34. The van der Waals surface area contributed by atoms with Crippen molar-refractivity contribution in [2.24, 2.45) is 0 Å². The zero-order chi connectivity index (χ0) is 23.4. The van der Waals surface area contributed by atoms with Crippen molar-refractivity contribution in [2.75, 3.05) is 18.0 Å². The fourth-order valence-corrected chi connectivity index (χ4v) is 3.66. The van der Waals surface area contributed by atoms with Crippen LogP contribution in [0.4, 0.5) is 5.69 Å². The number of carbonyl (C=O) groups excluding carboxylic acids is 2. The third-order valence-electron chi connectivity index (χ3n) is 5.51. The van der Waals surface area contributed by atoms with Gasteiger partial charge in [-0.1, -0.05) is 30.3 Å². The Hall–Kier alpha value is -3.81. The molecular formula is C25H27N3O5. The van der Waals surface area contributed by atoms with E-state index in [-0.39, 0.29) is 18.4 Å². The zero-order valence-corrected chi connectivity index (χ0v) is 19.0. The zero-order valence-electron chi connectivity index (χ0n) is 19.0. The van der Waals surface area contributed by atoms with Gasteiger partial charge >= 0.3 is 0 Å². The summed E-state index contributed by atoms with van der Waals surface area (Å²) in [7, 11) is 0. The van der Waals surface area contributed by atoms with Gasteiger partial charge in [-0.3, -0.25) is 9.59 Å². The molecular weight excluding hydrogens is 422 g/mol. The van der Waals surface area contributed by atoms with Crippen molar-refractivity contribution in [1.29, 1.82) is 0 Å². The van der Waals surface area contributed by atoms with E-state index in [1.807, 2.05) is 39.0 Å². The highest BCUT2D eigenvalue weighted by atomic mass is 16.5. The highest BCUT2D eigenvalue weighted by Crippen LogP contribution is 2.34. The molecule has 0 spiro atoms. The smallest absolute Gasteiger partial charge is 0.262 e. The van der Waals surface area contributed by atoms with E-state index in [9.17, 15) is 9.59 Å². The monoisotopic (exact) mass is 449 g/mol. The number of para-hydroxylation sites is 2. The summed E-state index contributed by atoms with van der Waals surface area (Å²) >= 11 is 0. The number of rotatable bonds is 7. The Balaban J connectivity index is 1.55. The highest BCUT2D eigenvalue weighted by molar-refractivity contribution is 6.08. The van der Waals surface area contributed by atoms with Gasteiger partial charge in [-0.25, -0.2) is 0 Å².